The summed E-state index contributed by atoms with van der Waals surface area (Å²) >= 11 is 0. The fourth-order valence-corrected chi connectivity index (χ4v) is 7.90. The summed E-state index contributed by atoms with van der Waals surface area (Å²) in [4.78, 5) is 51.0. The highest BCUT2D eigenvalue weighted by molar-refractivity contribution is 6.04. The van der Waals surface area contributed by atoms with Crippen LogP contribution in [-0.2, 0) is 33.4 Å². The van der Waals surface area contributed by atoms with Gasteiger partial charge in [-0.25, -0.2) is 4.79 Å². The summed E-state index contributed by atoms with van der Waals surface area (Å²) in [5, 5.41) is 24.7. The van der Waals surface area contributed by atoms with Crippen LogP contribution >= 0.6 is 0 Å². The Balaban J connectivity index is 1.89. The second-order valence-corrected chi connectivity index (χ2v) is 12.9. The van der Waals surface area contributed by atoms with Crippen LogP contribution in [0.25, 0.3) is 0 Å². The zero-order valence-electron chi connectivity index (χ0n) is 24.7. The van der Waals surface area contributed by atoms with Crippen LogP contribution in [0.2, 0.25) is 0 Å². The SMILES string of the molecule is CCCC(=O)O[C@@H]1[C@@H](C)[C@@]2(O)[C@@H](C=C(COC(=O)C=C(C)C)C[C@]3(O)C(=O)C(C)=C[C@@H]23)[C@@H]2C(C)(C)[C@]12OC(C)=O. The van der Waals surface area contributed by atoms with Gasteiger partial charge in [-0.1, -0.05) is 45.4 Å². The maximum atomic E-state index is 13.4. The summed E-state index contributed by atoms with van der Waals surface area (Å²) in [7, 11) is 0. The van der Waals surface area contributed by atoms with Crippen molar-refractivity contribution >= 4 is 23.7 Å². The lowest BCUT2D eigenvalue weighted by Gasteiger charge is -2.53. The highest BCUT2D eigenvalue weighted by atomic mass is 16.6. The largest absolute Gasteiger partial charge is 0.458 e. The molecule has 9 nitrogen and oxygen atoms in total. The number of allylic oxidation sites excluding steroid dienone is 1. The molecule has 0 aromatic heterocycles. The van der Waals surface area contributed by atoms with E-state index >= 15 is 0 Å². The average Bonchev–Trinajstić information content (AvgIpc) is 3.25. The van der Waals surface area contributed by atoms with Gasteiger partial charge in [0.2, 0.25) is 0 Å². The highest BCUT2D eigenvalue weighted by Gasteiger charge is 2.87. The molecule has 40 heavy (non-hydrogen) atoms. The van der Waals surface area contributed by atoms with Crippen LogP contribution in [0, 0.1) is 29.1 Å². The van der Waals surface area contributed by atoms with E-state index < -0.39 is 75.7 Å². The van der Waals surface area contributed by atoms with Gasteiger partial charge in [0.05, 0.1) is 5.60 Å². The molecule has 0 bridgehead atoms. The number of rotatable bonds is 7. The van der Waals surface area contributed by atoms with Crippen molar-refractivity contribution < 1.29 is 43.6 Å². The highest BCUT2D eigenvalue weighted by Crippen LogP contribution is 2.77. The van der Waals surface area contributed by atoms with E-state index in [1.807, 2.05) is 20.8 Å². The van der Waals surface area contributed by atoms with Crippen molar-refractivity contribution in [2.24, 2.45) is 29.1 Å². The Labute approximate surface area is 235 Å². The van der Waals surface area contributed by atoms with Crippen LogP contribution in [0.1, 0.15) is 74.7 Å². The first-order valence-electron chi connectivity index (χ1n) is 14.1. The molecule has 4 aliphatic carbocycles. The van der Waals surface area contributed by atoms with Gasteiger partial charge < -0.3 is 24.4 Å². The van der Waals surface area contributed by atoms with E-state index in [1.165, 1.54) is 13.0 Å². The molecule has 2 fully saturated rings. The number of carbonyl (C=O) groups is 4. The molecule has 4 rings (SSSR count). The molecule has 220 valence electrons. The molecule has 0 aromatic carbocycles. The van der Waals surface area contributed by atoms with E-state index in [0.29, 0.717) is 17.6 Å². The molecule has 0 aromatic rings. The van der Waals surface area contributed by atoms with Gasteiger partial charge in [-0.15, -0.1) is 0 Å². The first kappa shape index (κ1) is 30.2. The van der Waals surface area contributed by atoms with E-state index in [4.69, 9.17) is 14.2 Å². The van der Waals surface area contributed by atoms with Crippen molar-refractivity contribution in [2.45, 2.75) is 97.6 Å². The summed E-state index contributed by atoms with van der Waals surface area (Å²) in [6.07, 6.45) is 4.28. The third kappa shape index (κ3) is 4.28. The number of esters is 3. The molecule has 0 radical (unpaired) electrons. The van der Waals surface area contributed by atoms with Crippen molar-refractivity contribution in [3.8, 4) is 0 Å². The van der Waals surface area contributed by atoms with E-state index in [0.717, 1.165) is 5.57 Å². The summed E-state index contributed by atoms with van der Waals surface area (Å²) < 4.78 is 17.5. The Hall–Kier alpha value is -2.78. The molecule has 0 aliphatic heterocycles. The molecule has 2 N–H and O–H groups in total. The van der Waals surface area contributed by atoms with E-state index in [-0.39, 0.29) is 19.4 Å². The first-order valence-corrected chi connectivity index (χ1v) is 14.1. The normalized spacial score (nSPS) is 38.9. The summed E-state index contributed by atoms with van der Waals surface area (Å²) in [5.41, 5.74) is -4.15. The number of ketones is 1. The molecule has 0 amide bonds. The van der Waals surface area contributed by atoms with Gasteiger partial charge in [-0.3, -0.25) is 14.4 Å². The van der Waals surface area contributed by atoms with Crippen molar-refractivity contribution in [3.05, 3.63) is 34.9 Å². The maximum absolute atomic E-state index is 13.4. The van der Waals surface area contributed by atoms with E-state index in [2.05, 4.69) is 0 Å². The number of fused-ring (bicyclic) bond motifs is 5. The third-order valence-corrected chi connectivity index (χ3v) is 9.59. The minimum absolute atomic E-state index is 0.147. The quantitative estimate of drug-likeness (QED) is 0.209. The molecule has 0 unspecified atom stereocenters. The molecule has 2 saturated carbocycles. The van der Waals surface area contributed by atoms with Crippen LogP contribution in [0.5, 0.6) is 0 Å². The van der Waals surface area contributed by atoms with Gasteiger partial charge in [0.15, 0.2) is 11.4 Å². The molecule has 8 atom stereocenters. The van der Waals surface area contributed by atoms with Crippen LogP contribution in [0.3, 0.4) is 0 Å². The summed E-state index contributed by atoms with van der Waals surface area (Å²) in [6, 6.07) is 0. The van der Waals surface area contributed by atoms with Crippen LogP contribution in [0.4, 0.5) is 0 Å². The van der Waals surface area contributed by atoms with Gasteiger partial charge >= 0.3 is 17.9 Å². The third-order valence-electron chi connectivity index (χ3n) is 9.59. The standard InChI is InChI=1S/C31H42O9/c1-9-10-23(33)39-27-18(5)30(37)21(25-28(7,8)31(25,27)40-19(6)32)13-20(15-38-24(34)11-16(2)3)14-29(36)22(30)12-17(4)26(29)35/h11-13,18,21-22,25,27,36-37H,9-10,14-15H2,1-8H3/t18-,21+,22-,25-,27-,29-,30-,31-/m1/s1. The molecule has 9 heteroatoms. The Bertz CT molecular complexity index is 1220. The molecular formula is C31H42O9. The zero-order chi connectivity index (χ0) is 30.0. The van der Waals surface area contributed by atoms with Crippen molar-refractivity contribution in [3.63, 3.8) is 0 Å². The number of carbonyl (C=O) groups excluding carboxylic acids is 4. The first-order chi connectivity index (χ1) is 18.5. The predicted molar refractivity (Wildman–Crippen MR) is 144 cm³/mol. The molecular weight excluding hydrogens is 516 g/mol. The second-order valence-electron chi connectivity index (χ2n) is 12.9. The molecule has 0 saturated heterocycles. The second kappa shape index (κ2) is 9.94. The summed E-state index contributed by atoms with van der Waals surface area (Å²) in [6.45, 7) is 13.6. The van der Waals surface area contributed by atoms with Gasteiger partial charge in [0.25, 0.3) is 0 Å². The Kier molecular flexibility index (Phi) is 7.50. The van der Waals surface area contributed by atoms with E-state index in [9.17, 15) is 29.4 Å². The lowest BCUT2D eigenvalue weighted by molar-refractivity contribution is -0.228. The minimum atomic E-state index is -1.99. The Morgan fingerprint density at radius 1 is 1.12 bits per heavy atom. The zero-order valence-corrected chi connectivity index (χ0v) is 24.7. The van der Waals surface area contributed by atoms with Crippen LogP contribution in [0.15, 0.2) is 34.9 Å². The number of hydrogen-bond donors (Lipinski definition) is 2. The fraction of sp³-hybridized carbons (Fsp3) is 0.677. The topological polar surface area (TPSA) is 136 Å². The lowest BCUT2D eigenvalue weighted by Crippen LogP contribution is -2.66. The number of ether oxygens (including phenoxy) is 3. The fourth-order valence-electron chi connectivity index (χ4n) is 7.90. The number of hydrogen-bond acceptors (Lipinski definition) is 9. The molecule has 0 heterocycles. The molecule has 0 spiro atoms. The van der Waals surface area contributed by atoms with Crippen molar-refractivity contribution in [1.29, 1.82) is 0 Å². The Morgan fingerprint density at radius 3 is 2.35 bits per heavy atom. The molecule has 4 aliphatic rings. The lowest BCUT2D eigenvalue weighted by atomic mass is 9.59. The van der Waals surface area contributed by atoms with Crippen LogP contribution < -0.4 is 0 Å². The minimum Gasteiger partial charge on any atom is -0.458 e. The predicted octanol–water partition coefficient (Wildman–Crippen LogP) is 3.37. The number of aliphatic hydroxyl groups is 2. The summed E-state index contributed by atoms with van der Waals surface area (Å²) in [5.74, 6) is -5.19. The van der Waals surface area contributed by atoms with Gasteiger partial charge in [-0.2, -0.15) is 0 Å². The maximum Gasteiger partial charge on any atom is 0.330 e. The number of Topliss-reactive ketones (excluding diaryl/α,β-unsaturated/α-hetero) is 1. The monoisotopic (exact) mass is 558 g/mol. The van der Waals surface area contributed by atoms with Crippen LogP contribution in [-0.4, -0.2) is 63.4 Å². The Morgan fingerprint density at radius 2 is 1.77 bits per heavy atom. The average molecular weight is 559 g/mol. The van der Waals surface area contributed by atoms with Crippen molar-refractivity contribution in [1.82, 2.24) is 0 Å². The smallest absolute Gasteiger partial charge is 0.330 e. The van der Waals surface area contributed by atoms with Gasteiger partial charge in [-0.05, 0) is 38.3 Å². The van der Waals surface area contributed by atoms with E-state index in [1.54, 1.807) is 39.8 Å². The van der Waals surface area contributed by atoms with Crippen molar-refractivity contribution in [2.75, 3.05) is 6.61 Å². The van der Waals surface area contributed by atoms with Gasteiger partial charge in [0, 0.05) is 54.9 Å². The van der Waals surface area contributed by atoms with Gasteiger partial charge in [0.1, 0.15) is 18.3 Å².